The Bertz CT molecular complexity index is 1460. The van der Waals surface area contributed by atoms with Gasteiger partial charge in [-0.25, -0.2) is 0 Å². The van der Waals surface area contributed by atoms with Gasteiger partial charge < -0.3 is 0 Å². The van der Waals surface area contributed by atoms with Crippen molar-refractivity contribution in [2.45, 2.75) is 104 Å². The van der Waals surface area contributed by atoms with E-state index in [9.17, 15) is 0 Å². The molecule has 0 saturated heterocycles. The van der Waals surface area contributed by atoms with Crippen LogP contribution in [0.15, 0.2) is 69.6 Å². The molecule has 0 N–H and O–H groups in total. The van der Waals surface area contributed by atoms with Crippen LogP contribution in [0.4, 0.5) is 0 Å². The minimum atomic E-state index is 1.01. The Morgan fingerprint density at radius 2 is 0.886 bits per heavy atom. The molecule has 0 saturated carbocycles. The van der Waals surface area contributed by atoms with Gasteiger partial charge in [-0.15, -0.1) is 22.7 Å². The zero-order valence-corrected chi connectivity index (χ0v) is 31.1. The van der Waals surface area contributed by atoms with Gasteiger partial charge in [0.1, 0.15) is 0 Å². The summed E-state index contributed by atoms with van der Waals surface area (Å²) in [6, 6.07) is 21.6. The Kier molecular flexibility index (Phi) is 15.4. The molecule has 0 bridgehead atoms. The van der Waals surface area contributed by atoms with E-state index in [-0.39, 0.29) is 0 Å². The van der Waals surface area contributed by atoms with E-state index < -0.39 is 0 Å². The van der Waals surface area contributed by atoms with Crippen molar-refractivity contribution in [3.05, 3.63) is 100 Å². The molecule has 4 rings (SSSR count). The molecule has 0 radical (unpaired) electrons. The van der Waals surface area contributed by atoms with Crippen LogP contribution in [0.5, 0.6) is 0 Å². The average Bonchev–Trinajstić information content (AvgIpc) is 3.68. The second-order valence-electron chi connectivity index (χ2n) is 11.5. The smallest absolute Gasteiger partial charge is 0.0775 e. The molecule has 44 heavy (non-hydrogen) atoms. The molecule has 2 heterocycles. The number of halogens is 2. The summed E-state index contributed by atoms with van der Waals surface area (Å²) in [6.45, 7) is 4.54. The van der Waals surface area contributed by atoms with Crippen molar-refractivity contribution in [2.24, 2.45) is 0 Å². The molecule has 0 spiro atoms. The summed E-state index contributed by atoms with van der Waals surface area (Å²) in [5.41, 5.74) is 4.29. The molecule has 0 aliphatic heterocycles. The third-order valence-electron chi connectivity index (χ3n) is 7.77. The van der Waals surface area contributed by atoms with Crippen LogP contribution in [0, 0.1) is 23.7 Å². The molecule has 2 aromatic carbocycles. The third-order valence-corrected chi connectivity index (χ3v) is 11.2. The number of hydrogen-bond donors (Lipinski definition) is 0. The molecule has 0 unspecified atom stereocenters. The molecule has 230 valence electrons. The molecule has 0 nitrogen and oxygen atoms in total. The highest BCUT2D eigenvalue weighted by Crippen LogP contribution is 2.35. The molecule has 0 atom stereocenters. The number of rotatable bonds is 15. The van der Waals surface area contributed by atoms with Gasteiger partial charge in [0.05, 0.1) is 9.75 Å². The molecule has 4 aromatic rings. The lowest BCUT2D eigenvalue weighted by molar-refractivity contribution is 0.609. The zero-order valence-electron chi connectivity index (χ0n) is 26.2. The van der Waals surface area contributed by atoms with E-state index in [1.807, 2.05) is 22.7 Å². The van der Waals surface area contributed by atoms with Crippen molar-refractivity contribution in [3.8, 4) is 34.8 Å². The third kappa shape index (κ3) is 11.7. The summed E-state index contributed by atoms with van der Waals surface area (Å²) in [6.07, 6.45) is 18.4. The Labute approximate surface area is 291 Å². The fraction of sp³-hybridized carbons (Fsp3) is 0.400. The summed E-state index contributed by atoms with van der Waals surface area (Å²) in [7, 11) is 0. The second-order valence-corrected chi connectivity index (χ2v) is 15.5. The molecule has 2 aromatic heterocycles. The standard InChI is InChI=1S/C40H44Br2S2/c1-3-5-7-9-11-13-15-33-23-25-35(43-33)21-17-31-19-27-37(39(41)29-31)38-28-20-32(30-40(38)42)18-22-36-26-24-34(44-36)16-14-12-10-8-6-4-2/h19-20,23-30H,3-16H2,1-2H3. The van der Waals surface area contributed by atoms with Gasteiger partial charge in [-0.05, 0) is 85.3 Å². The largest absolute Gasteiger partial charge is 0.132 e. The maximum Gasteiger partial charge on any atom is 0.0775 e. The van der Waals surface area contributed by atoms with Gasteiger partial charge in [0.25, 0.3) is 0 Å². The average molecular weight is 749 g/mol. The Hall–Kier alpha value is -2.08. The number of aryl methyl sites for hydroxylation is 2. The van der Waals surface area contributed by atoms with Crippen LogP contribution in [0.3, 0.4) is 0 Å². The highest BCUT2D eigenvalue weighted by Gasteiger charge is 2.09. The van der Waals surface area contributed by atoms with Gasteiger partial charge in [-0.2, -0.15) is 0 Å². The molecule has 0 amide bonds. The zero-order chi connectivity index (χ0) is 31.0. The van der Waals surface area contributed by atoms with Gasteiger partial charge in [-0.3, -0.25) is 0 Å². The first-order valence-corrected chi connectivity index (χ1v) is 19.6. The Morgan fingerprint density at radius 1 is 0.477 bits per heavy atom. The van der Waals surface area contributed by atoms with Crippen LogP contribution >= 0.6 is 54.5 Å². The van der Waals surface area contributed by atoms with Crippen LogP contribution < -0.4 is 0 Å². The van der Waals surface area contributed by atoms with Gasteiger partial charge in [0, 0.05) is 29.8 Å². The van der Waals surface area contributed by atoms with Gasteiger partial charge in [0.15, 0.2) is 0 Å². The summed E-state index contributed by atoms with van der Waals surface area (Å²) in [5.74, 6) is 13.5. The van der Waals surface area contributed by atoms with Crippen LogP contribution in [-0.2, 0) is 12.8 Å². The first-order valence-electron chi connectivity index (χ1n) is 16.4. The van der Waals surface area contributed by atoms with E-state index in [4.69, 9.17) is 0 Å². The van der Waals surface area contributed by atoms with E-state index in [0.29, 0.717) is 0 Å². The van der Waals surface area contributed by atoms with Crippen molar-refractivity contribution in [1.29, 1.82) is 0 Å². The predicted molar refractivity (Wildman–Crippen MR) is 202 cm³/mol. The van der Waals surface area contributed by atoms with Crippen LogP contribution in [-0.4, -0.2) is 0 Å². The molecule has 0 aliphatic rings. The maximum atomic E-state index is 3.80. The SMILES string of the molecule is CCCCCCCCc1ccc(C#Cc2ccc(-c3ccc(C#Cc4ccc(CCCCCCCC)s4)cc3Br)c(Br)c2)s1. The van der Waals surface area contributed by atoms with Crippen molar-refractivity contribution in [3.63, 3.8) is 0 Å². The van der Waals surface area contributed by atoms with Crippen LogP contribution in [0.2, 0.25) is 0 Å². The summed E-state index contributed by atoms with van der Waals surface area (Å²) < 4.78 is 2.07. The summed E-state index contributed by atoms with van der Waals surface area (Å²) in [4.78, 5) is 5.18. The molecule has 4 heteroatoms. The Morgan fingerprint density at radius 3 is 1.30 bits per heavy atom. The summed E-state index contributed by atoms with van der Waals surface area (Å²) in [5, 5.41) is 0. The van der Waals surface area contributed by atoms with E-state index in [2.05, 4.69) is 130 Å². The quantitative estimate of drug-likeness (QED) is 0.0839. The van der Waals surface area contributed by atoms with Gasteiger partial charge >= 0.3 is 0 Å². The number of benzene rings is 2. The first kappa shape index (κ1) is 34.8. The molecule has 0 aliphatic carbocycles. The fourth-order valence-electron chi connectivity index (χ4n) is 5.21. The lowest BCUT2D eigenvalue weighted by atomic mass is 10.0. The van der Waals surface area contributed by atoms with Crippen LogP contribution in [0.1, 0.15) is 122 Å². The topological polar surface area (TPSA) is 0 Å². The number of thiophene rings is 2. The molecular formula is C40H44Br2S2. The van der Waals surface area contributed by atoms with Gasteiger partial charge in [-0.1, -0.05) is 146 Å². The number of hydrogen-bond acceptors (Lipinski definition) is 2. The minimum Gasteiger partial charge on any atom is -0.132 e. The number of unbranched alkanes of at least 4 members (excludes halogenated alkanes) is 10. The van der Waals surface area contributed by atoms with Crippen LogP contribution in [0.25, 0.3) is 11.1 Å². The molecule has 0 fully saturated rings. The Balaban J connectivity index is 1.31. The normalized spacial score (nSPS) is 10.7. The summed E-state index contributed by atoms with van der Waals surface area (Å²) >= 11 is 11.3. The van der Waals surface area contributed by atoms with Crippen molar-refractivity contribution < 1.29 is 0 Å². The highest BCUT2D eigenvalue weighted by molar-refractivity contribution is 9.11. The monoisotopic (exact) mass is 746 g/mol. The van der Waals surface area contributed by atoms with E-state index in [1.54, 1.807) is 0 Å². The predicted octanol–water partition coefficient (Wildman–Crippen LogP) is 13.6. The second kappa shape index (κ2) is 19.4. The van der Waals surface area contributed by atoms with E-state index in [0.717, 1.165) is 41.0 Å². The first-order chi connectivity index (χ1) is 21.6. The van der Waals surface area contributed by atoms with E-state index in [1.165, 1.54) is 99.6 Å². The van der Waals surface area contributed by atoms with Gasteiger partial charge in [0.2, 0.25) is 0 Å². The fourth-order valence-corrected chi connectivity index (χ4v) is 8.20. The maximum absolute atomic E-state index is 3.80. The highest BCUT2D eigenvalue weighted by atomic mass is 79.9. The minimum absolute atomic E-state index is 1.01. The lowest BCUT2D eigenvalue weighted by Crippen LogP contribution is -1.86. The lowest BCUT2D eigenvalue weighted by Gasteiger charge is -2.08. The molecular weight excluding hydrogens is 704 g/mol. The van der Waals surface area contributed by atoms with E-state index >= 15 is 0 Å². The van der Waals surface area contributed by atoms with Crippen molar-refractivity contribution in [1.82, 2.24) is 0 Å². The van der Waals surface area contributed by atoms with Crippen molar-refractivity contribution >= 4 is 54.5 Å². The van der Waals surface area contributed by atoms with Crippen molar-refractivity contribution in [2.75, 3.05) is 0 Å².